The van der Waals surface area contributed by atoms with Crippen LogP contribution in [-0.2, 0) is 48.1 Å². The number of benzene rings is 2. The number of carbonyl (C=O) groups excluding carboxylic acids is 6. The van der Waals surface area contributed by atoms with Gasteiger partial charge < -0.3 is 30.4 Å². The van der Waals surface area contributed by atoms with E-state index in [0.717, 1.165) is 11.1 Å². The molecule has 1 aromatic heterocycles. The third-order valence-electron chi connectivity index (χ3n) is 9.06. The van der Waals surface area contributed by atoms with Crippen molar-refractivity contribution in [2.24, 2.45) is 5.92 Å². The van der Waals surface area contributed by atoms with Crippen molar-refractivity contribution in [3.05, 3.63) is 90.0 Å². The van der Waals surface area contributed by atoms with Gasteiger partial charge in [0.05, 0.1) is 12.9 Å². The van der Waals surface area contributed by atoms with E-state index in [1.807, 2.05) is 43.3 Å². The van der Waals surface area contributed by atoms with Gasteiger partial charge in [0.25, 0.3) is 0 Å². The first-order chi connectivity index (χ1) is 25.6. The molecule has 2 heterocycles. The molecule has 5 atom stereocenters. The lowest BCUT2D eigenvalue weighted by Gasteiger charge is -2.34. The Balaban J connectivity index is 1.50. The van der Waals surface area contributed by atoms with E-state index in [4.69, 9.17) is 9.47 Å². The maximum absolute atomic E-state index is 14.0. The molecule has 5 N–H and O–H groups in total. The van der Waals surface area contributed by atoms with Crippen LogP contribution in [0.15, 0.2) is 73.2 Å². The number of aromatic amines is 1. The fraction of sp³-hybridized carbons (Fsp3) is 0.447. The van der Waals surface area contributed by atoms with Crippen molar-refractivity contribution < 1.29 is 38.2 Å². The molecule has 0 saturated carbocycles. The summed E-state index contributed by atoms with van der Waals surface area (Å²) in [6.45, 7) is 5.70. The van der Waals surface area contributed by atoms with Crippen molar-refractivity contribution in [2.45, 2.75) is 90.1 Å². The first-order valence-electron chi connectivity index (χ1n) is 18.0. The SMILES string of the molecule is CCOC(=O)N1CCCCC1C(=O)NC(=O)[C@@H](NC(=O)[C@H](Cc1cnc[nH]1)NC(=O)[C@H](Cc1ccccc1)NC(=O)OCc1ccccc1)[C@@H](C)CC. The van der Waals surface area contributed by atoms with Crippen LogP contribution in [0.4, 0.5) is 9.59 Å². The van der Waals surface area contributed by atoms with Gasteiger partial charge in [-0.2, -0.15) is 0 Å². The summed E-state index contributed by atoms with van der Waals surface area (Å²) >= 11 is 0. The molecular weight excluding hydrogens is 682 g/mol. The second-order valence-corrected chi connectivity index (χ2v) is 12.9. The molecule has 53 heavy (non-hydrogen) atoms. The minimum Gasteiger partial charge on any atom is -0.450 e. The summed E-state index contributed by atoms with van der Waals surface area (Å²) < 4.78 is 10.5. The maximum Gasteiger partial charge on any atom is 0.410 e. The quantitative estimate of drug-likeness (QED) is 0.147. The Bertz CT molecular complexity index is 1660. The zero-order valence-corrected chi connectivity index (χ0v) is 30.3. The highest BCUT2D eigenvalue weighted by molar-refractivity contribution is 6.02. The monoisotopic (exact) mass is 731 g/mol. The van der Waals surface area contributed by atoms with Crippen molar-refractivity contribution in [3.63, 3.8) is 0 Å². The summed E-state index contributed by atoms with van der Waals surface area (Å²) in [5.41, 5.74) is 2.04. The molecule has 1 aliphatic rings. The van der Waals surface area contributed by atoms with Crippen LogP contribution in [-0.4, -0.2) is 88.0 Å². The molecule has 0 spiro atoms. The third-order valence-corrected chi connectivity index (χ3v) is 9.06. The van der Waals surface area contributed by atoms with Crippen molar-refractivity contribution in [3.8, 4) is 0 Å². The molecule has 6 amide bonds. The van der Waals surface area contributed by atoms with Gasteiger partial charge >= 0.3 is 12.2 Å². The molecule has 284 valence electrons. The number of rotatable bonds is 16. The highest BCUT2D eigenvalue weighted by Crippen LogP contribution is 2.19. The van der Waals surface area contributed by atoms with Gasteiger partial charge in [-0.15, -0.1) is 0 Å². The fourth-order valence-electron chi connectivity index (χ4n) is 5.93. The lowest BCUT2D eigenvalue weighted by molar-refractivity contribution is -0.138. The van der Waals surface area contributed by atoms with E-state index in [1.54, 1.807) is 38.1 Å². The number of carbonyl (C=O) groups is 6. The minimum absolute atomic E-state index is 0.0135. The van der Waals surface area contributed by atoms with Crippen molar-refractivity contribution >= 4 is 35.8 Å². The molecule has 3 aromatic rings. The number of hydrogen-bond acceptors (Lipinski definition) is 9. The van der Waals surface area contributed by atoms with Crippen LogP contribution < -0.4 is 21.3 Å². The highest BCUT2D eigenvalue weighted by Gasteiger charge is 2.37. The number of hydrogen-bond donors (Lipinski definition) is 5. The number of amides is 6. The number of imide groups is 1. The first kappa shape index (κ1) is 40.0. The summed E-state index contributed by atoms with van der Waals surface area (Å²) in [5.74, 6) is -3.20. The van der Waals surface area contributed by atoms with E-state index in [0.29, 0.717) is 37.9 Å². The summed E-state index contributed by atoms with van der Waals surface area (Å²) in [6, 6.07) is 13.7. The van der Waals surface area contributed by atoms with Gasteiger partial charge in [-0.05, 0) is 43.2 Å². The lowest BCUT2D eigenvalue weighted by atomic mass is 9.96. The average Bonchev–Trinajstić information content (AvgIpc) is 3.69. The van der Waals surface area contributed by atoms with E-state index in [9.17, 15) is 28.8 Å². The standard InChI is InChI=1S/C38H49N7O8/c1-4-25(3)32(36(49)44-35(48)31-18-12-13-19-45(31)38(51)52-5-2)43-34(47)30(21-28-22-39-24-40-28)41-33(46)29(20-26-14-8-6-9-15-26)42-37(50)53-23-27-16-10-7-11-17-27/h6-11,14-17,22,24-25,29-32H,4-5,12-13,18-21,23H2,1-3H3,(H,39,40)(H,41,46)(H,42,50)(H,43,47)(H,44,48,49)/t25-,29-,30-,31?,32-/m0/s1. The second-order valence-electron chi connectivity index (χ2n) is 12.9. The first-order valence-corrected chi connectivity index (χ1v) is 18.0. The average molecular weight is 732 g/mol. The van der Waals surface area contributed by atoms with Crippen molar-refractivity contribution in [1.29, 1.82) is 0 Å². The van der Waals surface area contributed by atoms with Gasteiger partial charge in [-0.1, -0.05) is 80.9 Å². The largest absolute Gasteiger partial charge is 0.450 e. The molecule has 2 aromatic carbocycles. The molecule has 1 saturated heterocycles. The zero-order chi connectivity index (χ0) is 38.2. The van der Waals surface area contributed by atoms with Crippen molar-refractivity contribution in [2.75, 3.05) is 13.2 Å². The van der Waals surface area contributed by atoms with E-state index >= 15 is 0 Å². The highest BCUT2D eigenvalue weighted by atomic mass is 16.6. The van der Waals surface area contributed by atoms with Crippen LogP contribution in [0.25, 0.3) is 0 Å². The second kappa shape index (κ2) is 20.3. The smallest absolute Gasteiger partial charge is 0.410 e. The molecule has 15 heteroatoms. The Morgan fingerprint density at radius 2 is 1.49 bits per heavy atom. The van der Waals surface area contributed by atoms with Gasteiger partial charge in [0, 0.05) is 31.3 Å². The number of nitrogens with zero attached hydrogens (tertiary/aromatic N) is 2. The number of imidazole rings is 1. The van der Waals surface area contributed by atoms with Gasteiger partial charge in [0.1, 0.15) is 30.8 Å². The number of aromatic nitrogens is 2. The predicted molar refractivity (Wildman–Crippen MR) is 194 cm³/mol. The number of alkyl carbamates (subject to hydrolysis) is 1. The van der Waals surface area contributed by atoms with Gasteiger partial charge in [0.15, 0.2) is 0 Å². The molecule has 15 nitrogen and oxygen atoms in total. The molecular formula is C38H49N7O8. The molecule has 1 unspecified atom stereocenters. The van der Waals surface area contributed by atoms with Crippen LogP contribution in [0.1, 0.15) is 63.3 Å². The van der Waals surface area contributed by atoms with Crippen LogP contribution >= 0.6 is 0 Å². The van der Waals surface area contributed by atoms with E-state index in [1.165, 1.54) is 17.4 Å². The zero-order valence-electron chi connectivity index (χ0n) is 30.3. The van der Waals surface area contributed by atoms with Gasteiger partial charge in [0.2, 0.25) is 23.6 Å². The summed E-state index contributed by atoms with van der Waals surface area (Å²) in [7, 11) is 0. The summed E-state index contributed by atoms with van der Waals surface area (Å²) in [4.78, 5) is 88.6. The number of likely N-dealkylation sites (tertiary alicyclic amines) is 1. The Hall–Kier alpha value is -5.73. The molecule has 4 rings (SSSR count). The van der Waals surface area contributed by atoms with Crippen LogP contribution in [0.2, 0.25) is 0 Å². The van der Waals surface area contributed by atoms with Gasteiger partial charge in [-0.25, -0.2) is 14.6 Å². The van der Waals surface area contributed by atoms with Gasteiger partial charge in [-0.3, -0.25) is 29.4 Å². The Labute approximate surface area is 309 Å². The minimum atomic E-state index is -1.23. The number of H-pyrrole nitrogens is 1. The fourth-order valence-corrected chi connectivity index (χ4v) is 5.93. The molecule has 0 aliphatic carbocycles. The van der Waals surface area contributed by atoms with Crippen LogP contribution in [0, 0.1) is 5.92 Å². The summed E-state index contributed by atoms with van der Waals surface area (Å²) in [6.07, 6.45) is 3.75. The van der Waals surface area contributed by atoms with E-state index in [-0.39, 0.29) is 26.1 Å². The predicted octanol–water partition coefficient (Wildman–Crippen LogP) is 3.16. The Morgan fingerprint density at radius 3 is 2.13 bits per heavy atom. The van der Waals surface area contributed by atoms with E-state index < -0.39 is 65.9 Å². The normalized spacial score (nSPS) is 16.2. The molecule has 0 bridgehead atoms. The number of nitrogens with one attached hydrogen (secondary N) is 5. The third kappa shape index (κ3) is 12.2. The lowest BCUT2D eigenvalue weighted by Crippen LogP contribution is -2.60. The van der Waals surface area contributed by atoms with E-state index in [2.05, 4.69) is 31.2 Å². The maximum atomic E-state index is 14.0. The molecule has 1 aliphatic heterocycles. The number of ether oxygens (including phenoxy) is 2. The Morgan fingerprint density at radius 1 is 0.830 bits per heavy atom. The number of piperidine rings is 1. The van der Waals surface area contributed by atoms with Crippen molar-refractivity contribution in [1.82, 2.24) is 36.1 Å². The van der Waals surface area contributed by atoms with Crippen LogP contribution in [0.3, 0.4) is 0 Å². The summed E-state index contributed by atoms with van der Waals surface area (Å²) in [5, 5.41) is 10.5. The molecule has 1 fully saturated rings. The van der Waals surface area contributed by atoms with Crippen LogP contribution in [0.5, 0.6) is 0 Å². The topological polar surface area (TPSA) is 201 Å². The Kier molecular flexibility index (Phi) is 15.4. The molecule has 0 radical (unpaired) electrons.